The fourth-order valence-corrected chi connectivity index (χ4v) is 9.40. The van der Waals surface area contributed by atoms with E-state index >= 15 is 8.78 Å². The zero-order valence-electron chi connectivity index (χ0n) is 34.9. The van der Waals surface area contributed by atoms with Crippen LogP contribution in [0.15, 0.2) is 35.8 Å². The molecule has 2 heterocycles. The summed E-state index contributed by atoms with van der Waals surface area (Å²) in [6.45, 7) is 11.9. The summed E-state index contributed by atoms with van der Waals surface area (Å²) < 4.78 is 97.8. The van der Waals surface area contributed by atoms with Gasteiger partial charge < -0.3 is 30.3 Å². The topological polar surface area (TPSA) is 208 Å². The molecule has 0 aromatic heterocycles. The molecule has 4 N–H and O–H groups in total. The summed E-state index contributed by atoms with van der Waals surface area (Å²) in [5.41, 5.74) is -2.94. The first-order chi connectivity index (χ1) is 28.4. The van der Waals surface area contributed by atoms with Crippen molar-refractivity contribution >= 4 is 51.1 Å². The molecule has 3 aliphatic carbocycles. The van der Waals surface area contributed by atoms with Crippen molar-refractivity contribution in [3.8, 4) is 6.07 Å². The molecule has 334 valence electrons. The summed E-state index contributed by atoms with van der Waals surface area (Å²) in [7, 11) is -4.33. The molecule has 1 unspecified atom stereocenters. The molecular weight excluding hydrogens is 827 g/mol. The Morgan fingerprint density at radius 1 is 1.16 bits per heavy atom. The fraction of sp³-hybridized carbons (Fsp3) is 0.659. The maximum atomic E-state index is 15.3. The van der Waals surface area contributed by atoms with Crippen LogP contribution in [0.25, 0.3) is 0 Å². The fourth-order valence-electron chi connectivity index (χ4n) is 8.09. The number of nitriles is 1. The van der Waals surface area contributed by atoms with Gasteiger partial charge in [-0.2, -0.15) is 5.26 Å². The number of alkyl halides is 4. The molecule has 61 heavy (non-hydrogen) atoms. The molecule has 1 aromatic carbocycles. The predicted molar refractivity (Wildman–Crippen MR) is 214 cm³/mol. The van der Waals surface area contributed by atoms with E-state index in [9.17, 15) is 41.6 Å². The summed E-state index contributed by atoms with van der Waals surface area (Å²) in [6, 6.07) is 1.32. The number of allylic oxidation sites excluding steroid dienone is 1. The third-order valence-corrected chi connectivity index (χ3v) is 14.6. The number of sulfonamides is 1. The van der Waals surface area contributed by atoms with E-state index in [0.29, 0.717) is 13.3 Å². The number of nitrogens with one attached hydrogen (secondary N) is 4. The molecule has 1 saturated heterocycles. The van der Waals surface area contributed by atoms with E-state index in [2.05, 4.69) is 27.5 Å². The van der Waals surface area contributed by atoms with Gasteiger partial charge in [0.05, 0.1) is 40.2 Å². The number of ether oxygens (including phenoxy) is 2. The molecule has 6 rings (SSSR count). The number of hydrogen-bond donors (Lipinski definition) is 4. The summed E-state index contributed by atoms with van der Waals surface area (Å²) in [6.07, 6.45) is -1.97. The number of hydrogen-bond acceptors (Lipinski definition) is 11. The number of alkyl carbamates (subject to hydrolysis) is 1. The highest BCUT2D eigenvalue weighted by molar-refractivity contribution is 7.91. The van der Waals surface area contributed by atoms with E-state index in [1.54, 1.807) is 33.8 Å². The minimum atomic E-state index is -4.33. The van der Waals surface area contributed by atoms with Crippen LogP contribution in [0.2, 0.25) is 0 Å². The lowest BCUT2D eigenvalue weighted by Crippen LogP contribution is -2.61. The normalized spacial score (nSPS) is 29.1. The van der Waals surface area contributed by atoms with Crippen LogP contribution in [0.4, 0.5) is 33.7 Å². The van der Waals surface area contributed by atoms with E-state index in [1.165, 1.54) is 25.1 Å². The van der Waals surface area contributed by atoms with Crippen molar-refractivity contribution in [3.05, 3.63) is 36.4 Å². The third-order valence-electron chi connectivity index (χ3n) is 12.4. The Bertz CT molecular complexity index is 2130. The average molecular weight is 880 g/mol. The van der Waals surface area contributed by atoms with Crippen molar-refractivity contribution in [2.45, 2.75) is 139 Å². The van der Waals surface area contributed by atoms with Gasteiger partial charge in [0, 0.05) is 12.8 Å². The number of rotatable bonds is 15. The number of halogens is 4. The second-order valence-corrected chi connectivity index (χ2v) is 20.4. The number of carbonyl (C=O) groups is 4. The zero-order chi connectivity index (χ0) is 45.0. The molecular formula is C41H53F4N7O8S. The first-order valence-electron chi connectivity index (χ1n) is 20.4. The van der Waals surface area contributed by atoms with E-state index in [4.69, 9.17) is 9.47 Å². The second-order valence-electron chi connectivity index (χ2n) is 18.2. The van der Waals surface area contributed by atoms with E-state index in [1.807, 2.05) is 10.8 Å². The molecule has 9 atom stereocenters. The number of fused-ring (bicyclic) bond motifs is 1. The number of benzene rings is 1. The Morgan fingerprint density at radius 3 is 2.41 bits per heavy atom. The lowest BCUT2D eigenvalue weighted by molar-refractivity contribution is -0.144. The number of aliphatic imine (C=N–C) groups is 1. The Balaban J connectivity index is 1.35. The van der Waals surface area contributed by atoms with Gasteiger partial charge in [-0.1, -0.05) is 33.8 Å². The highest BCUT2D eigenvalue weighted by Crippen LogP contribution is 2.50. The van der Waals surface area contributed by atoms with Crippen LogP contribution in [-0.2, 0) is 33.9 Å². The summed E-state index contributed by atoms with van der Waals surface area (Å²) >= 11 is 0. The van der Waals surface area contributed by atoms with Crippen LogP contribution in [0.5, 0.6) is 0 Å². The second kappa shape index (κ2) is 16.4. The van der Waals surface area contributed by atoms with Crippen LogP contribution in [-0.4, -0.2) is 103 Å². The van der Waals surface area contributed by atoms with E-state index in [-0.39, 0.29) is 48.2 Å². The lowest BCUT2D eigenvalue weighted by Gasteiger charge is -2.36. The van der Waals surface area contributed by atoms with Gasteiger partial charge in [0.25, 0.3) is 11.8 Å². The largest absolute Gasteiger partial charge is 0.473 e. The maximum absolute atomic E-state index is 15.3. The zero-order valence-corrected chi connectivity index (χ0v) is 35.7. The van der Waals surface area contributed by atoms with Gasteiger partial charge >= 0.3 is 6.09 Å². The summed E-state index contributed by atoms with van der Waals surface area (Å²) in [5.74, 6) is -10.0. The monoisotopic (exact) mass is 879 g/mol. The molecule has 0 bridgehead atoms. The average Bonchev–Trinajstić information content (AvgIpc) is 4.13. The molecule has 2 aliphatic heterocycles. The van der Waals surface area contributed by atoms with Crippen molar-refractivity contribution in [2.24, 2.45) is 28.2 Å². The third kappa shape index (κ3) is 9.31. The van der Waals surface area contributed by atoms with Gasteiger partial charge in [0.2, 0.25) is 34.2 Å². The number of anilines is 1. The van der Waals surface area contributed by atoms with Gasteiger partial charge in [-0.15, -0.1) is 6.58 Å². The van der Waals surface area contributed by atoms with Gasteiger partial charge in [-0.25, -0.2) is 35.8 Å². The van der Waals surface area contributed by atoms with Crippen molar-refractivity contribution in [2.75, 3.05) is 11.9 Å². The van der Waals surface area contributed by atoms with Crippen molar-refractivity contribution in [1.29, 1.82) is 5.26 Å². The standard InChI is InChI=1S/C41H53F4N7O8S/c1-8-10-11-22-17-27(22)60-37(56)49-31(38(3,4)5)35(54)52-20-28(59-34-30(40(7,44)45)47-25-13-12-21(19-46)16-26(25)48-34)23(9-2)29(52)33(53)50-41(18-24(41)32(42)43)36(55)51-61(57,58)39(6)14-15-39/h8,12-13,16,22-24,27-32,47H,1,9-11,14-15,17-18,20H2,2-7H3,(H,49,56)(H,50,53)(H,51,55)/t22-,23-,24+,27-,28+,29+,30?,31-,41-/m1/s1. The van der Waals surface area contributed by atoms with Crippen LogP contribution < -0.4 is 20.7 Å². The quantitative estimate of drug-likeness (QED) is 0.132. The smallest absolute Gasteiger partial charge is 0.408 e. The van der Waals surface area contributed by atoms with Gasteiger partial charge in [0.1, 0.15) is 29.8 Å². The Kier molecular flexibility index (Phi) is 12.3. The number of carbonyl (C=O) groups excluding carboxylic acids is 4. The first-order valence-corrected chi connectivity index (χ1v) is 21.9. The molecule has 20 heteroatoms. The Morgan fingerprint density at radius 2 is 1.85 bits per heavy atom. The molecule has 4 fully saturated rings. The minimum absolute atomic E-state index is 0.0310. The summed E-state index contributed by atoms with van der Waals surface area (Å²) in [4.78, 5) is 61.8. The molecule has 1 aromatic rings. The van der Waals surface area contributed by atoms with Crippen molar-refractivity contribution in [3.63, 3.8) is 0 Å². The van der Waals surface area contributed by atoms with Crippen molar-refractivity contribution < 1.29 is 54.6 Å². The SMILES string of the molecule is C=CCC[C@@H]1C[C@H]1OC(=O)N[C@H](C(=O)N1C[C@H](OC2=Nc3cc(C#N)ccc3NC2C(C)(F)F)[C@@H](CC)[C@H]1C(=O)N[C@]1(C(=O)NS(=O)(=O)C2(C)CC2)C[C@H]1C(F)F)C(C)(C)C. The Labute approximate surface area is 352 Å². The van der Waals surface area contributed by atoms with E-state index < -0.39 is 117 Å². The number of amides is 4. The maximum Gasteiger partial charge on any atom is 0.408 e. The highest BCUT2D eigenvalue weighted by Gasteiger charge is 2.68. The number of likely N-dealkylation sites (tertiary alicyclic amines) is 1. The van der Waals surface area contributed by atoms with Crippen LogP contribution in [0.1, 0.15) is 92.1 Å². The van der Waals surface area contributed by atoms with Crippen LogP contribution in [0, 0.1) is 34.5 Å². The molecule has 5 aliphatic rings. The number of nitrogens with zero attached hydrogens (tertiary/aromatic N) is 3. The molecule has 15 nitrogen and oxygen atoms in total. The van der Waals surface area contributed by atoms with E-state index in [0.717, 1.165) is 17.7 Å². The van der Waals surface area contributed by atoms with Crippen LogP contribution in [0.3, 0.4) is 0 Å². The summed E-state index contributed by atoms with van der Waals surface area (Å²) in [5, 5.41) is 17.2. The Hall–Kier alpha value is -4.93. The molecule has 0 spiro atoms. The van der Waals surface area contributed by atoms with Crippen LogP contribution >= 0.6 is 0 Å². The minimum Gasteiger partial charge on any atom is -0.473 e. The molecule has 0 radical (unpaired) electrons. The van der Waals surface area contributed by atoms with Gasteiger partial charge in [-0.3, -0.25) is 19.1 Å². The first kappa shape index (κ1) is 45.6. The van der Waals surface area contributed by atoms with Crippen molar-refractivity contribution in [1.82, 2.24) is 20.3 Å². The predicted octanol–water partition coefficient (Wildman–Crippen LogP) is 5.29. The van der Waals surface area contributed by atoms with Gasteiger partial charge in [-0.05, 0) is 81.4 Å². The lowest BCUT2D eigenvalue weighted by atomic mass is 9.85. The molecule has 4 amide bonds. The van der Waals surface area contributed by atoms with Gasteiger partial charge in [0.15, 0.2) is 6.04 Å². The highest BCUT2D eigenvalue weighted by atomic mass is 32.2. The molecule has 3 saturated carbocycles.